The number of anilines is 1. The zero-order chi connectivity index (χ0) is 14.1. The van der Waals surface area contributed by atoms with E-state index in [2.05, 4.69) is 4.98 Å². The summed E-state index contributed by atoms with van der Waals surface area (Å²) in [4.78, 5) is 14.9. The van der Waals surface area contributed by atoms with E-state index in [9.17, 15) is 4.79 Å². The lowest BCUT2D eigenvalue weighted by Crippen LogP contribution is -2.07. The first-order valence-electron chi connectivity index (χ1n) is 6.63. The zero-order valence-corrected chi connectivity index (χ0v) is 11.3. The molecule has 1 heterocycles. The van der Waals surface area contributed by atoms with Crippen LogP contribution in [0.25, 0.3) is 21.8 Å². The van der Waals surface area contributed by atoms with Crippen molar-refractivity contribution < 1.29 is 9.53 Å². The Balaban J connectivity index is 2.03. The number of benzene rings is 2. The maximum Gasteiger partial charge on any atom is 0.310 e. The van der Waals surface area contributed by atoms with Gasteiger partial charge in [0.15, 0.2) is 0 Å². The quantitative estimate of drug-likeness (QED) is 0.566. The van der Waals surface area contributed by atoms with Gasteiger partial charge in [-0.1, -0.05) is 12.1 Å². The van der Waals surface area contributed by atoms with Gasteiger partial charge in [0.2, 0.25) is 0 Å². The minimum Gasteiger partial charge on any atom is -0.466 e. The Morgan fingerprint density at radius 2 is 2.00 bits per heavy atom. The van der Waals surface area contributed by atoms with E-state index in [1.54, 1.807) is 0 Å². The average molecular weight is 268 g/mol. The van der Waals surface area contributed by atoms with Crippen LogP contribution >= 0.6 is 0 Å². The van der Waals surface area contributed by atoms with E-state index in [1.165, 1.54) is 0 Å². The van der Waals surface area contributed by atoms with Crippen molar-refractivity contribution in [3.05, 3.63) is 42.0 Å². The number of aromatic amines is 1. The molecule has 0 saturated heterocycles. The standard InChI is InChI=1S/C16H16N2O2/c1-2-20-16(19)8-10-3-5-12-13-9-11(17)4-6-14(13)18-15(12)7-10/h3-7,9,18H,2,8,17H2,1H3. The lowest BCUT2D eigenvalue weighted by molar-refractivity contribution is -0.142. The van der Waals surface area contributed by atoms with E-state index >= 15 is 0 Å². The molecule has 0 amide bonds. The second-order valence-electron chi connectivity index (χ2n) is 4.79. The van der Waals surface area contributed by atoms with E-state index < -0.39 is 0 Å². The molecule has 3 aromatic rings. The van der Waals surface area contributed by atoms with Crippen LogP contribution in [0.2, 0.25) is 0 Å². The SMILES string of the molecule is CCOC(=O)Cc1ccc2c(c1)[nH]c1ccc(N)cc12. The lowest BCUT2D eigenvalue weighted by Gasteiger charge is -2.02. The lowest BCUT2D eigenvalue weighted by atomic mass is 10.1. The molecule has 0 atom stereocenters. The van der Waals surface area contributed by atoms with Gasteiger partial charge < -0.3 is 15.5 Å². The predicted octanol–water partition coefficient (Wildman–Crippen LogP) is 3.01. The summed E-state index contributed by atoms with van der Waals surface area (Å²) >= 11 is 0. The number of hydrogen-bond acceptors (Lipinski definition) is 3. The fraction of sp³-hybridized carbons (Fsp3) is 0.188. The third kappa shape index (κ3) is 2.20. The first kappa shape index (κ1) is 12.5. The van der Waals surface area contributed by atoms with Crippen LogP contribution in [0, 0.1) is 0 Å². The van der Waals surface area contributed by atoms with Crippen LogP contribution in [0.4, 0.5) is 5.69 Å². The highest BCUT2D eigenvalue weighted by molar-refractivity contribution is 6.08. The van der Waals surface area contributed by atoms with Gasteiger partial charge in [-0.05, 0) is 36.8 Å². The Labute approximate surface area is 116 Å². The Hall–Kier alpha value is -2.49. The van der Waals surface area contributed by atoms with E-state index in [0.717, 1.165) is 33.1 Å². The summed E-state index contributed by atoms with van der Waals surface area (Å²) < 4.78 is 4.97. The molecule has 4 nitrogen and oxygen atoms in total. The van der Waals surface area contributed by atoms with Crippen LogP contribution in [-0.4, -0.2) is 17.6 Å². The van der Waals surface area contributed by atoms with Gasteiger partial charge in [-0.25, -0.2) is 0 Å². The van der Waals surface area contributed by atoms with Crippen LogP contribution in [0.3, 0.4) is 0 Å². The van der Waals surface area contributed by atoms with Crippen molar-refractivity contribution in [2.45, 2.75) is 13.3 Å². The predicted molar refractivity (Wildman–Crippen MR) is 80.6 cm³/mol. The van der Waals surface area contributed by atoms with Gasteiger partial charge in [0.1, 0.15) is 0 Å². The first-order valence-corrected chi connectivity index (χ1v) is 6.63. The maximum absolute atomic E-state index is 11.5. The third-order valence-electron chi connectivity index (χ3n) is 3.34. The average Bonchev–Trinajstić information content (AvgIpc) is 2.76. The third-order valence-corrected chi connectivity index (χ3v) is 3.34. The molecule has 1 aromatic heterocycles. The van der Waals surface area contributed by atoms with Gasteiger partial charge in [0.05, 0.1) is 13.0 Å². The van der Waals surface area contributed by atoms with Crippen LogP contribution in [0.1, 0.15) is 12.5 Å². The molecule has 102 valence electrons. The van der Waals surface area contributed by atoms with Crippen LogP contribution in [0.5, 0.6) is 0 Å². The van der Waals surface area contributed by atoms with Crippen molar-refractivity contribution in [1.29, 1.82) is 0 Å². The topological polar surface area (TPSA) is 68.1 Å². The minimum atomic E-state index is -0.202. The number of rotatable bonds is 3. The Morgan fingerprint density at radius 3 is 2.80 bits per heavy atom. The summed E-state index contributed by atoms with van der Waals surface area (Å²) in [5.41, 5.74) is 9.56. The Kier molecular flexibility index (Phi) is 3.06. The Morgan fingerprint density at radius 1 is 1.15 bits per heavy atom. The van der Waals surface area contributed by atoms with E-state index in [0.29, 0.717) is 13.0 Å². The molecule has 0 aliphatic heterocycles. The zero-order valence-electron chi connectivity index (χ0n) is 11.3. The van der Waals surface area contributed by atoms with Crippen molar-refractivity contribution in [2.75, 3.05) is 12.3 Å². The van der Waals surface area contributed by atoms with E-state index in [-0.39, 0.29) is 5.97 Å². The molecular weight excluding hydrogens is 252 g/mol. The highest BCUT2D eigenvalue weighted by atomic mass is 16.5. The molecule has 0 aliphatic rings. The number of esters is 1. The summed E-state index contributed by atoms with van der Waals surface area (Å²) in [5.74, 6) is -0.202. The molecule has 2 aromatic carbocycles. The number of nitrogen functional groups attached to an aromatic ring is 1. The highest BCUT2D eigenvalue weighted by Crippen LogP contribution is 2.27. The summed E-state index contributed by atoms with van der Waals surface area (Å²) in [6, 6.07) is 11.8. The summed E-state index contributed by atoms with van der Waals surface area (Å²) in [6.07, 6.45) is 0.293. The molecule has 3 N–H and O–H groups in total. The number of aromatic nitrogens is 1. The number of hydrogen-bond donors (Lipinski definition) is 2. The van der Waals surface area contributed by atoms with Gasteiger partial charge in [-0.2, -0.15) is 0 Å². The van der Waals surface area contributed by atoms with Gasteiger partial charge in [0.25, 0.3) is 0 Å². The number of carbonyl (C=O) groups excluding carboxylic acids is 1. The molecule has 0 spiro atoms. The first-order chi connectivity index (χ1) is 9.67. The fourth-order valence-corrected chi connectivity index (χ4v) is 2.46. The van der Waals surface area contributed by atoms with E-state index in [4.69, 9.17) is 10.5 Å². The van der Waals surface area contributed by atoms with E-state index in [1.807, 2.05) is 43.3 Å². The van der Waals surface area contributed by atoms with Crippen molar-refractivity contribution in [2.24, 2.45) is 0 Å². The molecule has 3 rings (SSSR count). The molecule has 0 bridgehead atoms. The number of nitrogens with one attached hydrogen (secondary N) is 1. The summed E-state index contributed by atoms with van der Waals surface area (Å²) in [7, 11) is 0. The highest BCUT2D eigenvalue weighted by Gasteiger charge is 2.08. The largest absolute Gasteiger partial charge is 0.466 e. The summed E-state index contributed by atoms with van der Waals surface area (Å²) in [5, 5.41) is 2.21. The number of ether oxygens (including phenoxy) is 1. The molecule has 0 saturated carbocycles. The van der Waals surface area contributed by atoms with Gasteiger partial charge in [-0.15, -0.1) is 0 Å². The molecule has 4 heteroatoms. The van der Waals surface area contributed by atoms with Crippen LogP contribution in [-0.2, 0) is 16.0 Å². The smallest absolute Gasteiger partial charge is 0.310 e. The van der Waals surface area contributed by atoms with Gasteiger partial charge >= 0.3 is 5.97 Å². The van der Waals surface area contributed by atoms with Gasteiger partial charge in [0, 0.05) is 27.5 Å². The normalized spacial score (nSPS) is 11.1. The number of carbonyl (C=O) groups is 1. The fourth-order valence-electron chi connectivity index (χ4n) is 2.46. The van der Waals surface area contributed by atoms with Crippen molar-refractivity contribution in [1.82, 2.24) is 4.98 Å². The molecule has 0 radical (unpaired) electrons. The summed E-state index contributed by atoms with van der Waals surface area (Å²) in [6.45, 7) is 2.22. The maximum atomic E-state index is 11.5. The van der Waals surface area contributed by atoms with Crippen LogP contribution < -0.4 is 5.73 Å². The monoisotopic (exact) mass is 268 g/mol. The second-order valence-corrected chi connectivity index (χ2v) is 4.79. The molecule has 0 unspecified atom stereocenters. The second kappa shape index (κ2) is 4.89. The molecule has 0 aliphatic carbocycles. The van der Waals surface area contributed by atoms with Crippen molar-refractivity contribution in [3.63, 3.8) is 0 Å². The van der Waals surface area contributed by atoms with Crippen molar-refractivity contribution >= 4 is 33.5 Å². The minimum absolute atomic E-state index is 0.202. The number of H-pyrrole nitrogens is 1. The van der Waals surface area contributed by atoms with Crippen LogP contribution in [0.15, 0.2) is 36.4 Å². The molecule has 0 fully saturated rings. The van der Waals surface area contributed by atoms with Gasteiger partial charge in [-0.3, -0.25) is 4.79 Å². The molecule has 20 heavy (non-hydrogen) atoms. The molecular formula is C16H16N2O2. The van der Waals surface area contributed by atoms with Crippen molar-refractivity contribution in [3.8, 4) is 0 Å². The number of nitrogens with two attached hydrogens (primary N) is 1. The number of fused-ring (bicyclic) bond motifs is 3. The Bertz CT molecular complexity index is 790.